The van der Waals surface area contributed by atoms with E-state index < -0.39 is 0 Å². The van der Waals surface area contributed by atoms with Gasteiger partial charge in [-0.1, -0.05) is 24.3 Å². The molecule has 2 rings (SSSR count). The summed E-state index contributed by atoms with van der Waals surface area (Å²) in [6.45, 7) is 1.66. The van der Waals surface area contributed by atoms with Crippen molar-refractivity contribution in [2.75, 3.05) is 0 Å². The molecule has 3 heteroatoms. The van der Waals surface area contributed by atoms with E-state index in [0.29, 0.717) is 11.3 Å². The highest BCUT2D eigenvalue weighted by Crippen LogP contribution is 2.23. The van der Waals surface area contributed by atoms with Crippen LogP contribution in [0.1, 0.15) is 5.56 Å². The van der Waals surface area contributed by atoms with Crippen LogP contribution >= 0.6 is 0 Å². The molecule has 16 heavy (non-hydrogen) atoms. The van der Waals surface area contributed by atoms with Gasteiger partial charge in [-0.15, -0.1) is 0 Å². The molecule has 0 aliphatic carbocycles. The first-order chi connectivity index (χ1) is 7.61. The minimum absolute atomic E-state index is 0.134. The van der Waals surface area contributed by atoms with Gasteiger partial charge in [0, 0.05) is 5.56 Å². The Kier molecular flexibility index (Phi) is 4.21. The number of rotatable bonds is 0. The molecule has 0 radical (unpaired) electrons. The van der Waals surface area contributed by atoms with Gasteiger partial charge < -0.3 is 15.3 Å². The van der Waals surface area contributed by atoms with E-state index in [1.54, 1.807) is 37.3 Å². The minimum atomic E-state index is 0.134. The molecule has 0 saturated carbocycles. The first-order valence-electron chi connectivity index (χ1n) is 4.83. The van der Waals surface area contributed by atoms with E-state index in [1.165, 1.54) is 12.1 Å². The third-order valence-corrected chi connectivity index (χ3v) is 2.03. The summed E-state index contributed by atoms with van der Waals surface area (Å²) in [6, 6.07) is 13.4. The molecule has 0 aliphatic heterocycles. The molecule has 2 aromatic rings. The number of para-hydroxylation sites is 1. The van der Waals surface area contributed by atoms with Crippen molar-refractivity contribution in [2.45, 2.75) is 6.92 Å². The molecule has 0 spiro atoms. The highest BCUT2D eigenvalue weighted by molar-refractivity contribution is 5.41. The molecule has 3 N–H and O–H groups in total. The monoisotopic (exact) mass is 218 g/mol. The Morgan fingerprint density at radius 3 is 1.50 bits per heavy atom. The summed E-state index contributed by atoms with van der Waals surface area (Å²) in [7, 11) is 0. The van der Waals surface area contributed by atoms with Gasteiger partial charge in [-0.25, -0.2) is 0 Å². The molecule has 0 fully saturated rings. The van der Waals surface area contributed by atoms with Crippen molar-refractivity contribution in [3.63, 3.8) is 0 Å². The zero-order chi connectivity index (χ0) is 12.0. The van der Waals surface area contributed by atoms with E-state index in [4.69, 9.17) is 15.3 Å². The van der Waals surface area contributed by atoms with Crippen LogP contribution in [0.2, 0.25) is 0 Å². The molecule has 0 aliphatic rings. The van der Waals surface area contributed by atoms with Crippen molar-refractivity contribution < 1.29 is 15.3 Å². The van der Waals surface area contributed by atoms with Crippen LogP contribution in [0.15, 0.2) is 48.5 Å². The Morgan fingerprint density at radius 2 is 1.19 bits per heavy atom. The van der Waals surface area contributed by atoms with Crippen LogP contribution in [-0.4, -0.2) is 15.3 Å². The fourth-order valence-corrected chi connectivity index (χ4v) is 1.04. The topological polar surface area (TPSA) is 60.7 Å². The Balaban J connectivity index is 0.000000165. The fraction of sp³-hybridized carbons (Fsp3) is 0.0769. The number of hydrogen-bond acceptors (Lipinski definition) is 3. The third kappa shape index (κ3) is 3.53. The maximum atomic E-state index is 8.94. The maximum absolute atomic E-state index is 8.94. The predicted molar refractivity (Wildman–Crippen MR) is 62.6 cm³/mol. The fourth-order valence-electron chi connectivity index (χ4n) is 1.04. The van der Waals surface area contributed by atoms with Gasteiger partial charge in [-0.2, -0.15) is 0 Å². The van der Waals surface area contributed by atoms with E-state index >= 15 is 0 Å². The molecular weight excluding hydrogens is 204 g/mol. The number of phenolic OH excluding ortho intramolecular Hbond substituents is 3. The average Bonchev–Trinajstić information content (AvgIpc) is 2.28. The van der Waals surface area contributed by atoms with Crippen molar-refractivity contribution in [1.82, 2.24) is 0 Å². The van der Waals surface area contributed by atoms with Crippen molar-refractivity contribution >= 4 is 0 Å². The summed E-state index contributed by atoms with van der Waals surface area (Å²) in [5.74, 6) is 0.590. The first-order valence-corrected chi connectivity index (χ1v) is 4.83. The standard InChI is InChI=1S/C7H8O2.C6H6O/c1-5-6(8)3-2-4-7(5)9;7-6-4-2-1-3-5-6/h2-4,8-9H,1H3;1-5,7H. The molecule has 0 atom stereocenters. The number of phenols is 3. The second-order valence-electron chi connectivity index (χ2n) is 3.26. The van der Waals surface area contributed by atoms with Gasteiger partial charge in [0.05, 0.1) is 0 Å². The summed E-state index contributed by atoms with van der Waals surface area (Å²) in [4.78, 5) is 0. The zero-order valence-electron chi connectivity index (χ0n) is 8.96. The number of benzene rings is 2. The van der Waals surface area contributed by atoms with Crippen LogP contribution < -0.4 is 0 Å². The lowest BCUT2D eigenvalue weighted by Crippen LogP contribution is -1.73. The smallest absolute Gasteiger partial charge is 0.122 e. The van der Waals surface area contributed by atoms with Gasteiger partial charge in [-0.05, 0) is 31.2 Å². The Morgan fingerprint density at radius 1 is 0.688 bits per heavy atom. The lowest BCUT2D eigenvalue weighted by molar-refractivity contribution is 0.443. The molecule has 84 valence electrons. The summed E-state index contributed by atoms with van der Waals surface area (Å²) in [6.07, 6.45) is 0. The predicted octanol–water partition coefficient (Wildman–Crippen LogP) is 2.80. The second-order valence-corrected chi connectivity index (χ2v) is 3.26. The van der Waals surface area contributed by atoms with Gasteiger partial charge >= 0.3 is 0 Å². The summed E-state index contributed by atoms with van der Waals surface area (Å²) < 4.78 is 0. The summed E-state index contributed by atoms with van der Waals surface area (Å²) in [5.41, 5.74) is 0.525. The third-order valence-electron chi connectivity index (χ3n) is 2.03. The first kappa shape index (κ1) is 11.9. The van der Waals surface area contributed by atoms with Crippen LogP contribution in [0.25, 0.3) is 0 Å². The van der Waals surface area contributed by atoms with Crippen molar-refractivity contribution in [1.29, 1.82) is 0 Å². The molecule has 0 heterocycles. The molecule has 0 amide bonds. The quantitative estimate of drug-likeness (QED) is 0.637. The molecule has 2 aromatic carbocycles. The Labute approximate surface area is 94.2 Å². The minimum Gasteiger partial charge on any atom is -0.508 e. The van der Waals surface area contributed by atoms with Crippen molar-refractivity contribution in [3.8, 4) is 17.2 Å². The van der Waals surface area contributed by atoms with Gasteiger partial charge in [0.25, 0.3) is 0 Å². The van der Waals surface area contributed by atoms with Gasteiger partial charge in [-0.3, -0.25) is 0 Å². The highest BCUT2D eigenvalue weighted by Gasteiger charge is 1.97. The van der Waals surface area contributed by atoms with Crippen molar-refractivity contribution in [3.05, 3.63) is 54.1 Å². The molecule has 3 nitrogen and oxygen atoms in total. The van der Waals surface area contributed by atoms with Crippen LogP contribution in [0.4, 0.5) is 0 Å². The molecule has 0 saturated heterocycles. The van der Waals surface area contributed by atoms with Gasteiger partial charge in [0.1, 0.15) is 17.2 Å². The molecule has 0 unspecified atom stereocenters. The van der Waals surface area contributed by atoms with E-state index in [0.717, 1.165) is 0 Å². The lowest BCUT2D eigenvalue weighted by Gasteiger charge is -1.98. The van der Waals surface area contributed by atoms with Gasteiger partial charge in [0.15, 0.2) is 0 Å². The second kappa shape index (κ2) is 5.66. The Hall–Kier alpha value is -2.16. The maximum Gasteiger partial charge on any atom is 0.122 e. The van der Waals surface area contributed by atoms with Crippen LogP contribution in [0.5, 0.6) is 17.2 Å². The summed E-state index contributed by atoms with van der Waals surface area (Å²) >= 11 is 0. The number of aromatic hydroxyl groups is 3. The Bertz CT molecular complexity index is 418. The van der Waals surface area contributed by atoms with Crippen molar-refractivity contribution in [2.24, 2.45) is 0 Å². The van der Waals surface area contributed by atoms with Crippen LogP contribution in [0.3, 0.4) is 0 Å². The van der Waals surface area contributed by atoms with E-state index in [-0.39, 0.29) is 11.5 Å². The SMILES string of the molecule is Cc1c(O)cccc1O.Oc1ccccc1. The van der Waals surface area contributed by atoms with Crippen LogP contribution in [-0.2, 0) is 0 Å². The molecular formula is C13H14O3. The summed E-state index contributed by atoms with van der Waals surface area (Å²) in [5, 5.41) is 26.5. The highest BCUT2D eigenvalue weighted by atomic mass is 16.3. The van der Waals surface area contributed by atoms with E-state index in [2.05, 4.69) is 0 Å². The largest absolute Gasteiger partial charge is 0.508 e. The molecule has 0 aromatic heterocycles. The van der Waals surface area contributed by atoms with Crippen LogP contribution in [0, 0.1) is 6.92 Å². The normalized spacial score (nSPS) is 9.06. The number of hydrogen-bond donors (Lipinski definition) is 3. The zero-order valence-corrected chi connectivity index (χ0v) is 8.96. The molecule has 0 bridgehead atoms. The van der Waals surface area contributed by atoms with Gasteiger partial charge in [0.2, 0.25) is 0 Å². The van der Waals surface area contributed by atoms with E-state index in [1.807, 2.05) is 6.07 Å². The lowest BCUT2D eigenvalue weighted by atomic mass is 10.2. The van der Waals surface area contributed by atoms with E-state index in [9.17, 15) is 0 Å². The average molecular weight is 218 g/mol.